The third kappa shape index (κ3) is 11.8. The van der Waals surface area contributed by atoms with Crippen LogP contribution in [0.15, 0.2) is 0 Å². The molecule has 0 aromatic heterocycles. The minimum atomic E-state index is 0.238. The third-order valence-corrected chi connectivity index (χ3v) is 3.94. The molecule has 0 heterocycles. The smallest absolute Gasteiger partial charge is 0.00965 e. The monoisotopic (exact) mass is 283 g/mol. The van der Waals surface area contributed by atoms with Crippen LogP contribution in [-0.2, 0) is 0 Å². The first-order valence-corrected chi connectivity index (χ1v) is 8.37. The van der Waals surface area contributed by atoms with Crippen LogP contribution in [0, 0.1) is 16.2 Å². The molecule has 0 aliphatic rings. The van der Waals surface area contributed by atoms with Gasteiger partial charge >= 0.3 is 0 Å². The van der Waals surface area contributed by atoms with Crippen molar-refractivity contribution in [3.8, 4) is 0 Å². The standard InChI is InChI=1S/C19H41N/c1-16(2,3)15-19(9,10)12-11-18(7,8)13-14-20-17(4,5)6/h20H,11-15H2,1-10H3. The molecule has 1 heteroatoms. The number of hydrogen-bond acceptors (Lipinski definition) is 1. The van der Waals surface area contributed by atoms with Crippen LogP contribution in [-0.4, -0.2) is 12.1 Å². The maximum Gasteiger partial charge on any atom is 0.00965 e. The Kier molecular flexibility index (Phi) is 6.80. The number of hydrogen-bond donors (Lipinski definition) is 1. The molecule has 122 valence electrons. The van der Waals surface area contributed by atoms with Crippen LogP contribution in [0.3, 0.4) is 0 Å². The molecule has 0 unspecified atom stereocenters. The quantitative estimate of drug-likeness (QED) is 0.601. The van der Waals surface area contributed by atoms with Gasteiger partial charge in [-0.3, -0.25) is 0 Å². The van der Waals surface area contributed by atoms with E-state index in [0.717, 1.165) is 6.54 Å². The summed E-state index contributed by atoms with van der Waals surface area (Å²) < 4.78 is 0. The summed E-state index contributed by atoms with van der Waals surface area (Å²) >= 11 is 0. The Bertz CT molecular complexity index is 273. The molecule has 0 rings (SSSR count). The van der Waals surface area contributed by atoms with Crippen LogP contribution >= 0.6 is 0 Å². The van der Waals surface area contributed by atoms with Gasteiger partial charge in [-0.15, -0.1) is 0 Å². The lowest BCUT2D eigenvalue weighted by molar-refractivity contribution is 0.162. The lowest BCUT2D eigenvalue weighted by Gasteiger charge is -2.36. The molecule has 0 fully saturated rings. The van der Waals surface area contributed by atoms with Gasteiger partial charge in [0.05, 0.1) is 0 Å². The molecule has 0 aromatic rings. The SMILES string of the molecule is CC(C)(C)CC(C)(C)CCC(C)(C)CCNC(C)(C)C. The molecule has 0 saturated heterocycles. The van der Waals surface area contributed by atoms with Gasteiger partial charge in [0.1, 0.15) is 0 Å². The first kappa shape index (κ1) is 20.0. The van der Waals surface area contributed by atoms with Crippen LogP contribution in [0.25, 0.3) is 0 Å². The summed E-state index contributed by atoms with van der Waals surface area (Å²) in [6.45, 7) is 24.6. The second-order valence-electron chi connectivity index (χ2n) is 10.5. The Hall–Kier alpha value is -0.0400. The summed E-state index contributed by atoms with van der Waals surface area (Å²) in [6, 6.07) is 0. The Morgan fingerprint density at radius 1 is 0.600 bits per heavy atom. The van der Waals surface area contributed by atoms with Crippen LogP contribution in [0.4, 0.5) is 0 Å². The van der Waals surface area contributed by atoms with Crippen LogP contribution in [0.1, 0.15) is 94.9 Å². The summed E-state index contributed by atoms with van der Waals surface area (Å²) in [5.74, 6) is 0. The highest BCUT2D eigenvalue weighted by molar-refractivity contribution is 4.81. The average Bonchev–Trinajstić information content (AvgIpc) is 2.08. The summed E-state index contributed by atoms with van der Waals surface area (Å²) in [6.07, 6.45) is 5.21. The van der Waals surface area contributed by atoms with Gasteiger partial charge in [-0.2, -0.15) is 0 Å². The molecule has 1 nitrogen and oxygen atoms in total. The van der Waals surface area contributed by atoms with Crippen LogP contribution in [0.5, 0.6) is 0 Å². The second-order valence-corrected chi connectivity index (χ2v) is 10.5. The van der Waals surface area contributed by atoms with E-state index in [1.165, 1.54) is 25.7 Å². The van der Waals surface area contributed by atoms with Crippen molar-refractivity contribution in [2.45, 2.75) is 100 Å². The predicted molar refractivity (Wildman–Crippen MR) is 93.2 cm³/mol. The third-order valence-electron chi connectivity index (χ3n) is 3.94. The van der Waals surface area contributed by atoms with E-state index in [1.54, 1.807) is 0 Å². The first-order valence-electron chi connectivity index (χ1n) is 8.37. The second kappa shape index (κ2) is 6.81. The van der Waals surface area contributed by atoms with Gasteiger partial charge < -0.3 is 5.32 Å². The van der Waals surface area contributed by atoms with Crippen LogP contribution in [0.2, 0.25) is 0 Å². The zero-order valence-electron chi connectivity index (χ0n) is 16.0. The van der Waals surface area contributed by atoms with Crippen molar-refractivity contribution in [2.75, 3.05) is 6.54 Å². The molecular formula is C19H41N. The summed E-state index contributed by atoms with van der Waals surface area (Å²) in [5, 5.41) is 3.61. The Labute approximate surface area is 129 Å². The average molecular weight is 284 g/mol. The van der Waals surface area contributed by atoms with Gasteiger partial charge in [0.15, 0.2) is 0 Å². The fourth-order valence-corrected chi connectivity index (χ4v) is 3.10. The number of rotatable bonds is 7. The molecular weight excluding hydrogens is 242 g/mol. The molecule has 0 aliphatic carbocycles. The van der Waals surface area contributed by atoms with Crippen molar-refractivity contribution < 1.29 is 0 Å². The van der Waals surface area contributed by atoms with Crippen molar-refractivity contribution in [1.82, 2.24) is 5.32 Å². The molecule has 0 aromatic carbocycles. The topological polar surface area (TPSA) is 12.0 Å². The summed E-state index contributed by atoms with van der Waals surface area (Å²) in [7, 11) is 0. The zero-order chi connectivity index (χ0) is 16.2. The van der Waals surface area contributed by atoms with E-state index in [1.807, 2.05) is 0 Å². The lowest BCUT2D eigenvalue weighted by atomic mass is 9.70. The normalized spacial score (nSPS) is 14.7. The molecule has 0 bridgehead atoms. The minimum Gasteiger partial charge on any atom is -0.312 e. The zero-order valence-corrected chi connectivity index (χ0v) is 16.0. The van der Waals surface area contributed by atoms with Gasteiger partial charge in [-0.25, -0.2) is 0 Å². The van der Waals surface area contributed by atoms with E-state index in [4.69, 9.17) is 0 Å². The fourth-order valence-electron chi connectivity index (χ4n) is 3.10. The van der Waals surface area contributed by atoms with Crippen molar-refractivity contribution in [3.05, 3.63) is 0 Å². The highest BCUT2D eigenvalue weighted by atomic mass is 14.9. The van der Waals surface area contributed by atoms with E-state index >= 15 is 0 Å². The maximum absolute atomic E-state index is 3.61. The Morgan fingerprint density at radius 3 is 1.45 bits per heavy atom. The van der Waals surface area contributed by atoms with Crippen molar-refractivity contribution in [1.29, 1.82) is 0 Å². The van der Waals surface area contributed by atoms with E-state index in [-0.39, 0.29) is 5.54 Å². The lowest BCUT2D eigenvalue weighted by Crippen LogP contribution is -2.38. The van der Waals surface area contributed by atoms with Crippen LogP contribution < -0.4 is 5.32 Å². The molecule has 1 N–H and O–H groups in total. The van der Waals surface area contributed by atoms with Crippen molar-refractivity contribution in [3.63, 3.8) is 0 Å². The molecule has 0 radical (unpaired) electrons. The van der Waals surface area contributed by atoms with Crippen molar-refractivity contribution >= 4 is 0 Å². The summed E-state index contributed by atoms with van der Waals surface area (Å²) in [5.41, 5.74) is 1.56. The summed E-state index contributed by atoms with van der Waals surface area (Å²) in [4.78, 5) is 0. The maximum atomic E-state index is 3.61. The predicted octanol–water partition coefficient (Wildman–Crippen LogP) is 6.03. The molecule has 0 atom stereocenters. The van der Waals surface area contributed by atoms with E-state index < -0.39 is 0 Å². The Balaban J connectivity index is 4.20. The van der Waals surface area contributed by atoms with Gasteiger partial charge in [0, 0.05) is 5.54 Å². The van der Waals surface area contributed by atoms with E-state index in [0.29, 0.717) is 16.2 Å². The molecule has 0 saturated carbocycles. The van der Waals surface area contributed by atoms with E-state index in [9.17, 15) is 0 Å². The minimum absolute atomic E-state index is 0.238. The van der Waals surface area contributed by atoms with Gasteiger partial charge in [0.25, 0.3) is 0 Å². The highest BCUT2D eigenvalue weighted by Gasteiger charge is 2.28. The molecule has 0 amide bonds. The fraction of sp³-hybridized carbons (Fsp3) is 1.00. The van der Waals surface area contributed by atoms with E-state index in [2.05, 4.69) is 74.6 Å². The highest BCUT2D eigenvalue weighted by Crippen LogP contribution is 2.40. The molecule has 0 aliphatic heterocycles. The number of nitrogens with one attached hydrogen (secondary N) is 1. The molecule has 20 heavy (non-hydrogen) atoms. The largest absolute Gasteiger partial charge is 0.312 e. The van der Waals surface area contributed by atoms with Crippen molar-refractivity contribution in [2.24, 2.45) is 16.2 Å². The molecule has 0 spiro atoms. The van der Waals surface area contributed by atoms with Gasteiger partial charge in [-0.05, 0) is 69.2 Å². The van der Waals surface area contributed by atoms with Gasteiger partial charge in [-0.1, -0.05) is 48.5 Å². The Morgan fingerprint density at radius 2 is 1.05 bits per heavy atom. The first-order chi connectivity index (χ1) is 8.62. The van der Waals surface area contributed by atoms with Gasteiger partial charge in [0.2, 0.25) is 0 Å².